The molecular formula is C40H48N6O2. The molecule has 8 heteroatoms. The molecule has 0 spiro atoms. The van der Waals surface area contributed by atoms with E-state index in [-0.39, 0.29) is 22.8 Å². The van der Waals surface area contributed by atoms with E-state index >= 15 is 0 Å². The number of allylic oxidation sites excluding steroid dienone is 2. The van der Waals surface area contributed by atoms with E-state index in [0.717, 1.165) is 61.5 Å². The van der Waals surface area contributed by atoms with Crippen LogP contribution in [0.2, 0.25) is 0 Å². The predicted molar refractivity (Wildman–Crippen MR) is 194 cm³/mol. The molecule has 0 bridgehead atoms. The van der Waals surface area contributed by atoms with Gasteiger partial charge in [-0.2, -0.15) is 4.58 Å². The van der Waals surface area contributed by atoms with Gasteiger partial charge in [0.2, 0.25) is 11.4 Å². The van der Waals surface area contributed by atoms with Crippen LogP contribution in [-0.4, -0.2) is 51.6 Å². The molecule has 2 aromatic carbocycles. The van der Waals surface area contributed by atoms with Crippen molar-refractivity contribution in [2.45, 2.75) is 90.9 Å². The van der Waals surface area contributed by atoms with Gasteiger partial charge in [-0.25, -0.2) is 20.0 Å². The summed E-state index contributed by atoms with van der Waals surface area (Å²) in [5.74, 6) is -0.564. The van der Waals surface area contributed by atoms with Crippen LogP contribution >= 0.6 is 0 Å². The van der Waals surface area contributed by atoms with Gasteiger partial charge >= 0.3 is 0 Å². The summed E-state index contributed by atoms with van der Waals surface area (Å²) in [5, 5.41) is 13.3. The number of ketones is 1. The zero-order valence-corrected chi connectivity index (χ0v) is 28.5. The molecule has 2 heterocycles. The van der Waals surface area contributed by atoms with Gasteiger partial charge in [0.05, 0.1) is 29.2 Å². The van der Waals surface area contributed by atoms with Crippen molar-refractivity contribution in [3.05, 3.63) is 96.0 Å². The number of carbonyl (C=O) groups is 1. The highest BCUT2D eigenvalue weighted by atomic mass is 16.3. The van der Waals surface area contributed by atoms with Crippen LogP contribution in [0.5, 0.6) is 0 Å². The number of unbranched alkanes of at least 4 members (excludes halogenated alkanes) is 10. The third kappa shape index (κ3) is 8.79. The van der Waals surface area contributed by atoms with Gasteiger partial charge in [0.15, 0.2) is 17.4 Å². The Hall–Kier alpha value is -4.72. The highest BCUT2D eigenvalue weighted by Gasteiger charge is 2.34. The zero-order chi connectivity index (χ0) is 33.6. The molecule has 0 fully saturated rings. The van der Waals surface area contributed by atoms with E-state index in [1.54, 1.807) is 24.8 Å². The Bertz CT molecular complexity index is 1640. The maximum absolute atomic E-state index is 13.3. The minimum Gasteiger partial charge on any atom is -0.871 e. The molecule has 0 saturated heterocycles. The van der Waals surface area contributed by atoms with Gasteiger partial charge in [0.25, 0.3) is 0 Å². The quantitative estimate of drug-likeness (QED) is 0.0791. The van der Waals surface area contributed by atoms with E-state index in [1.165, 1.54) is 51.4 Å². The molecule has 0 atom stereocenters. The smallest absolute Gasteiger partial charge is 0.242 e. The molecule has 0 unspecified atom stereocenters. The molecule has 2 aliphatic rings. The molecule has 1 aliphatic carbocycles. The topological polar surface area (TPSA) is 96.9 Å². The molecule has 48 heavy (non-hydrogen) atoms. The van der Waals surface area contributed by atoms with Crippen molar-refractivity contribution in [2.75, 3.05) is 18.0 Å². The number of rotatable bonds is 18. The van der Waals surface area contributed by atoms with Crippen LogP contribution in [0.15, 0.2) is 100 Å². The van der Waals surface area contributed by atoms with Crippen LogP contribution in [0.4, 0.5) is 17.1 Å². The molecule has 0 N–H and O–H groups in total. The van der Waals surface area contributed by atoms with E-state index in [4.69, 9.17) is 0 Å². The Morgan fingerprint density at radius 3 is 1.83 bits per heavy atom. The lowest BCUT2D eigenvalue weighted by molar-refractivity contribution is -0.437. The van der Waals surface area contributed by atoms with Crippen LogP contribution in [0.3, 0.4) is 0 Å². The summed E-state index contributed by atoms with van der Waals surface area (Å²) in [6, 6.07) is 20.3. The average Bonchev–Trinajstić information content (AvgIpc) is 3.13. The molecule has 5 rings (SSSR count). The second-order valence-corrected chi connectivity index (χ2v) is 12.4. The molecule has 250 valence electrons. The van der Waals surface area contributed by atoms with Crippen molar-refractivity contribution in [1.82, 2.24) is 9.97 Å². The van der Waals surface area contributed by atoms with Gasteiger partial charge < -0.3 is 10.0 Å². The molecular weight excluding hydrogens is 596 g/mol. The monoisotopic (exact) mass is 644 g/mol. The van der Waals surface area contributed by atoms with Gasteiger partial charge in [0, 0.05) is 30.8 Å². The summed E-state index contributed by atoms with van der Waals surface area (Å²) >= 11 is 0. The number of carbonyl (C=O) groups excluding carboxylic acids is 1. The van der Waals surface area contributed by atoms with Gasteiger partial charge in [-0.15, -0.1) is 0 Å². The van der Waals surface area contributed by atoms with E-state index < -0.39 is 11.5 Å². The summed E-state index contributed by atoms with van der Waals surface area (Å²) in [7, 11) is 0. The largest absolute Gasteiger partial charge is 0.871 e. The lowest BCUT2D eigenvalue weighted by Gasteiger charge is -2.30. The van der Waals surface area contributed by atoms with Crippen LogP contribution in [0.25, 0.3) is 5.57 Å². The fraction of sp³-hybridized carbons (Fsp3) is 0.400. The number of Topliss-reactive ketones (excluding diaryl/α,β-unsaturated/α-hetero) is 1. The summed E-state index contributed by atoms with van der Waals surface area (Å²) < 4.78 is 2.19. The van der Waals surface area contributed by atoms with Crippen molar-refractivity contribution in [3.8, 4) is 0 Å². The minimum absolute atomic E-state index is 0.0135. The summed E-state index contributed by atoms with van der Waals surface area (Å²) in [5.41, 5.74) is 3.73. The number of nitrogens with zero attached hydrogens (tertiary/aromatic N) is 6. The number of hydrogen-bond acceptors (Lipinski definition) is 7. The Morgan fingerprint density at radius 1 is 0.667 bits per heavy atom. The van der Waals surface area contributed by atoms with E-state index in [1.807, 2.05) is 36.4 Å². The van der Waals surface area contributed by atoms with Crippen molar-refractivity contribution in [1.29, 1.82) is 0 Å². The maximum Gasteiger partial charge on any atom is 0.242 e. The number of hydrogen-bond donors (Lipinski definition) is 0. The molecule has 3 aromatic rings. The Morgan fingerprint density at radius 2 is 1.23 bits per heavy atom. The van der Waals surface area contributed by atoms with E-state index in [2.05, 4.69) is 67.5 Å². The van der Waals surface area contributed by atoms with E-state index in [0.29, 0.717) is 0 Å². The summed E-state index contributed by atoms with van der Waals surface area (Å²) in [6.45, 7) is 6.12. The number of benzene rings is 2. The van der Waals surface area contributed by atoms with Gasteiger partial charge in [0.1, 0.15) is 19.0 Å². The van der Waals surface area contributed by atoms with Crippen LogP contribution in [0, 0.1) is 0 Å². The van der Waals surface area contributed by atoms with Gasteiger partial charge in [-0.3, -0.25) is 4.79 Å². The second-order valence-electron chi connectivity index (χ2n) is 12.4. The van der Waals surface area contributed by atoms with E-state index in [9.17, 15) is 9.90 Å². The van der Waals surface area contributed by atoms with Crippen molar-refractivity contribution in [2.24, 2.45) is 9.98 Å². The number of para-hydroxylation sites is 2. The standard InChI is InChI=1S/C40H48N6O2/c1-3-5-7-9-11-19-25-45(31-21-15-13-16-22-31)33-27-41-39(42-28-33)35-37(47)36(38(35)48)40-43-29-34(30-44-40)46(32-23-17-14-18-24-32)26-20-12-10-8-6-4-2/h13-18,21-24,27-30H,3-12,19-20,25-26H2,1-2H3. The SMILES string of the molecule is CCCCCCCCN(c1ccccc1)c1cnc(C2=C([O-])C(=C3N=CC(=[N+](CCCCCCCC)c4ccccc4)C=N3)C2=O)nc1. The third-order valence-electron chi connectivity index (χ3n) is 8.86. The predicted octanol–water partition coefficient (Wildman–Crippen LogP) is 8.14. The molecule has 8 nitrogen and oxygen atoms in total. The fourth-order valence-corrected chi connectivity index (χ4v) is 6.11. The Labute approximate surface area is 285 Å². The lowest BCUT2D eigenvalue weighted by atomic mass is 9.87. The zero-order valence-electron chi connectivity index (χ0n) is 28.5. The first-order chi connectivity index (χ1) is 23.6. The van der Waals surface area contributed by atoms with Gasteiger partial charge in [-0.05, 0) is 25.0 Å². The van der Waals surface area contributed by atoms with Crippen molar-refractivity contribution in [3.63, 3.8) is 0 Å². The molecule has 1 aromatic heterocycles. The summed E-state index contributed by atoms with van der Waals surface area (Å²) in [6.07, 6.45) is 21.2. The average molecular weight is 645 g/mol. The highest BCUT2D eigenvalue weighted by molar-refractivity contribution is 6.55. The van der Waals surface area contributed by atoms with Crippen molar-refractivity contribution < 1.29 is 14.5 Å². The highest BCUT2D eigenvalue weighted by Crippen LogP contribution is 2.36. The second kappa shape index (κ2) is 18.0. The molecule has 0 amide bonds. The number of aliphatic imine (C=N–C) groups is 2. The minimum atomic E-state index is -0.417. The van der Waals surface area contributed by atoms with Crippen LogP contribution in [-0.2, 0) is 4.79 Å². The Balaban J connectivity index is 1.30. The molecule has 1 aliphatic heterocycles. The fourth-order valence-electron chi connectivity index (χ4n) is 6.11. The first-order valence-electron chi connectivity index (χ1n) is 17.8. The molecule has 0 radical (unpaired) electrons. The number of aromatic nitrogens is 2. The normalized spacial score (nSPS) is 14.1. The Kier molecular flexibility index (Phi) is 13.0. The maximum atomic E-state index is 13.3. The first kappa shape index (κ1) is 34.6. The molecule has 0 saturated carbocycles. The lowest BCUT2D eigenvalue weighted by Crippen LogP contribution is -2.32. The van der Waals surface area contributed by atoms with Crippen LogP contribution < -0.4 is 10.0 Å². The number of anilines is 2. The first-order valence-corrected chi connectivity index (χ1v) is 17.8. The van der Waals surface area contributed by atoms with Gasteiger partial charge in [-0.1, -0.05) is 114 Å². The summed E-state index contributed by atoms with van der Waals surface area (Å²) in [4.78, 5) is 33.4. The van der Waals surface area contributed by atoms with Crippen LogP contribution in [0.1, 0.15) is 96.7 Å². The third-order valence-corrected chi connectivity index (χ3v) is 8.86. The van der Waals surface area contributed by atoms with Crippen molar-refractivity contribution >= 4 is 46.6 Å².